The first-order valence-corrected chi connectivity index (χ1v) is 6.40. The van der Waals surface area contributed by atoms with Crippen LogP contribution < -0.4 is 15.8 Å². The van der Waals surface area contributed by atoms with Crippen LogP contribution in [-0.2, 0) is 4.74 Å². The largest absolute Gasteiger partial charge is 0.491 e. The molecule has 0 aliphatic heterocycles. The third kappa shape index (κ3) is 3.27. The number of esters is 1. The van der Waals surface area contributed by atoms with Gasteiger partial charge in [-0.1, -0.05) is 0 Å². The molecule has 0 spiro atoms. The molecule has 0 saturated heterocycles. The lowest BCUT2D eigenvalue weighted by molar-refractivity contribution is 0.0520. The second kappa shape index (κ2) is 6.82. The van der Waals surface area contributed by atoms with Gasteiger partial charge >= 0.3 is 5.97 Å². The Morgan fingerprint density at radius 2 is 2.00 bits per heavy atom. The Kier molecular flexibility index (Phi) is 5.41. The van der Waals surface area contributed by atoms with E-state index in [0.29, 0.717) is 48.3 Å². The number of nitrogen functional groups attached to an aromatic ring is 1. The number of nitrogens with two attached hydrogens (primary N) is 1. The van der Waals surface area contributed by atoms with E-state index in [2.05, 4.69) is 10.3 Å². The zero-order chi connectivity index (χ0) is 14.4. The Labute approximate surface area is 113 Å². The van der Waals surface area contributed by atoms with Crippen molar-refractivity contribution < 1.29 is 14.3 Å². The number of ether oxygens (including phenoxy) is 2. The van der Waals surface area contributed by atoms with Crippen molar-refractivity contribution in [3.8, 4) is 5.75 Å². The Morgan fingerprint density at radius 3 is 2.53 bits per heavy atom. The molecule has 0 aliphatic rings. The highest BCUT2D eigenvalue weighted by Crippen LogP contribution is 2.34. The minimum absolute atomic E-state index is 0.290. The zero-order valence-electron chi connectivity index (χ0n) is 11.9. The van der Waals surface area contributed by atoms with Crippen LogP contribution in [0.2, 0.25) is 0 Å². The van der Waals surface area contributed by atoms with Crippen LogP contribution >= 0.6 is 0 Å². The number of aryl methyl sites for hydroxylation is 1. The summed E-state index contributed by atoms with van der Waals surface area (Å²) >= 11 is 0. The summed E-state index contributed by atoms with van der Waals surface area (Å²) in [5.41, 5.74) is 7.16. The van der Waals surface area contributed by atoms with Gasteiger partial charge in [0.05, 0.1) is 18.9 Å². The lowest BCUT2D eigenvalue weighted by Crippen LogP contribution is -2.15. The van der Waals surface area contributed by atoms with Crippen molar-refractivity contribution in [1.82, 2.24) is 4.98 Å². The molecule has 0 aliphatic carbocycles. The van der Waals surface area contributed by atoms with Gasteiger partial charge in [0.1, 0.15) is 11.3 Å². The lowest BCUT2D eigenvalue weighted by atomic mass is 10.1. The molecule has 0 saturated carbocycles. The van der Waals surface area contributed by atoms with Gasteiger partial charge in [0.15, 0.2) is 11.6 Å². The van der Waals surface area contributed by atoms with E-state index in [1.165, 1.54) is 0 Å². The molecule has 0 aromatic carbocycles. The van der Waals surface area contributed by atoms with Crippen molar-refractivity contribution in [2.24, 2.45) is 0 Å². The normalized spacial score (nSPS) is 10.1. The Hall–Kier alpha value is -1.98. The monoisotopic (exact) mass is 267 g/mol. The van der Waals surface area contributed by atoms with Gasteiger partial charge in [-0.15, -0.1) is 0 Å². The molecule has 3 N–H and O–H groups in total. The molecule has 1 aromatic heterocycles. The highest BCUT2D eigenvalue weighted by atomic mass is 16.5. The van der Waals surface area contributed by atoms with Crippen LogP contribution in [0.25, 0.3) is 0 Å². The number of rotatable bonds is 6. The number of hydrogen-bond donors (Lipinski definition) is 2. The van der Waals surface area contributed by atoms with Crippen LogP contribution in [0.15, 0.2) is 0 Å². The number of nitrogens with one attached hydrogen (secondary N) is 1. The van der Waals surface area contributed by atoms with Crippen molar-refractivity contribution >= 4 is 17.5 Å². The van der Waals surface area contributed by atoms with Crippen LogP contribution in [0, 0.1) is 6.92 Å². The van der Waals surface area contributed by atoms with E-state index in [9.17, 15) is 4.79 Å². The molecule has 1 rings (SSSR count). The number of hydrogen-bond acceptors (Lipinski definition) is 6. The van der Waals surface area contributed by atoms with Crippen LogP contribution in [0.1, 0.15) is 36.8 Å². The summed E-state index contributed by atoms with van der Waals surface area (Å²) in [7, 11) is 0. The summed E-state index contributed by atoms with van der Waals surface area (Å²) < 4.78 is 10.5. The third-order valence-corrected chi connectivity index (χ3v) is 2.48. The van der Waals surface area contributed by atoms with Crippen LogP contribution in [0.3, 0.4) is 0 Å². The van der Waals surface area contributed by atoms with E-state index >= 15 is 0 Å². The molecule has 0 radical (unpaired) electrons. The van der Waals surface area contributed by atoms with E-state index < -0.39 is 5.97 Å². The summed E-state index contributed by atoms with van der Waals surface area (Å²) in [5.74, 6) is 0.395. The first-order valence-electron chi connectivity index (χ1n) is 6.40. The predicted molar refractivity (Wildman–Crippen MR) is 74.7 cm³/mol. The second-order valence-corrected chi connectivity index (χ2v) is 3.85. The highest BCUT2D eigenvalue weighted by Gasteiger charge is 2.23. The van der Waals surface area contributed by atoms with Gasteiger partial charge in [-0.3, -0.25) is 0 Å². The molecular formula is C13H21N3O3. The molecule has 0 fully saturated rings. The fourth-order valence-corrected chi connectivity index (χ4v) is 1.73. The van der Waals surface area contributed by atoms with E-state index in [1.54, 1.807) is 13.8 Å². The standard InChI is InChI=1S/C13H21N3O3/c1-5-15-12-10(14)11(18-6-2)9(8(4)16-12)13(17)19-7-3/h5-7,14H2,1-4H3,(H,15,16). The minimum atomic E-state index is -0.467. The fourth-order valence-electron chi connectivity index (χ4n) is 1.73. The predicted octanol–water partition coefficient (Wildman–Crippen LogP) is 1.98. The molecule has 6 heteroatoms. The topological polar surface area (TPSA) is 86.5 Å². The Bertz CT molecular complexity index is 461. The second-order valence-electron chi connectivity index (χ2n) is 3.85. The maximum atomic E-state index is 12.0. The van der Waals surface area contributed by atoms with Crippen molar-refractivity contribution in [3.05, 3.63) is 11.3 Å². The van der Waals surface area contributed by atoms with Crippen molar-refractivity contribution in [1.29, 1.82) is 0 Å². The Balaban J connectivity index is 3.36. The van der Waals surface area contributed by atoms with Gasteiger partial charge in [-0.05, 0) is 27.7 Å². The van der Waals surface area contributed by atoms with Gasteiger partial charge < -0.3 is 20.5 Å². The number of anilines is 2. The SMILES string of the molecule is CCNc1nc(C)c(C(=O)OCC)c(OCC)c1N. The summed E-state index contributed by atoms with van der Waals surface area (Å²) in [6.07, 6.45) is 0. The van der Waals surface area contributed by atoms with E-state index in [-0.39, 0.29) is 0 Å². The fraction of sp³-hybridized carbons (Fsp3) is 0.538. The highest BCUT2D eigenvalue weighted by molar-refractivity contribution is 5.97. The minimum Gasteiger partial charge on any atom is -0.491 e. The Morgan fingerprint density at radius 1 is 1.32 bits per heavy atom. The van der Waals surface area contributed by atoms with Gasteiger partial charge in [0, 0.05) is 6.54 Å². The summed E-state index contributed by atoms with van der Waals surface area (Å²) in [6, 6.07) is 0. The third-order valence-electron chi connectivity index (χ3n) is 2.48. The summed E-state index contributed by atoms with van der Waals surface area (Å²) in [6.45, 7) is 8.63. The number of carbonyl (C=O) groups excluding carboxylic acids is 1. The lowest BCUT2D eigenvalue weighted by Gasteiger charge is -2.17. The maximum absolute atomic E-state index is 12.0. The quantitative estimate of drug-likeness (QED) is 0.766. The van der Waals surface area contributed by atoms with Gasteiger partial charge in [-0.2, -0.15) is 0 Å². The van der Waals surface area contributed by atoms with Crippen LogP contribution in [-0.4, -0.2) is 30.7 Å². The van der Waals surface area contributed by atoms with E-state index in [1.807, 2.05) is 13.8 Å². The average Bonchev–Trinajstić information content (AvgIpc) is 2.36. The summed E-state index contributed by atoms with van der Waals surface area (Å²) in [4.78, 5) is 16.3. The molecule has 1 heterocycles. The van der Waals surface area contributed by atoms with E-state index in [0.717, 1.165) is 0 Å². The van der Waals surface area contributed by atoms with Crippen molar-refractivity contribution in [2.45, 2.75) is 27.7 Å². The number of carbonyl (C=O) groups is 1. The first-order chi connectivity index (χ1) is 9.06. The number of aromatic nitrogens is 1. The number of pyridine rings is 1. The zero-order valence-corrected chi connectivity index (χ0v) is 11.9. The van der Waals surface area contributed by atoms with Crippen molar-refractivity contribution in [2.75, 3.05) is 30.8 Å². The average molecular weight is 267 g/mol. The van der Waals surface area contributed by atoms with E-state index in [4.69, 9.17) is 15.2 Å². The molecule has 6 nitrogen and oxygen atoms in total. The molecule has 0 atom stereocenters. The van der Waals surface area contributed by atoms with Gasteiger partial charge in [0.25, 0.3) is 0 Å². The molecule has 106 valence electrons. The van der Waals surface area contributed by atoms with Gasteiger partial charge in [0.2, 0.25) is 0 Å². The van der Waals surface area contributed by atoms with Gasteiger partial charge in [-0.25, -0.2) is 9.78 Å². The maximum Gasteiger partial charge on any atom is 0.343 e. The number of nitrogens with zero attached hydrogens (tertiary/aromatic N) is 1. The van der Waals surface area contributed by atoms with Crippen molar-refractivity contribution in [3.63, 3.8) is 0 Å². The smallest absolute Gasteiger partial charge is 0.343 e. The summed E-state index contributed by atoms with van der Waals surface area (Å²) in [5, 5.41) is 3.05. The molecular weight excluding hydrogens is 246 g/mol. The molecule has 0 bridgehead atoms. The molecule has 1 aromatic rings. The molecule has 0 amide bonds. The first kappa shape index (κ1) is 15.1. The van der Waals surface area contributed by atoms with Crippen LogP contribution in [0.5, 0.6) is 5.75 Å². The molecule has 0 unspecified atom stereocenters. The molecule has 19 heavy (non-hydrogen) atoms. The van der Waals surface area contributed by atoms with Crippen LogP contribution in [0.4, 0.5) is 11.5 Å².